The monoisotopic (exact) mass is 167 g/mol. The van der Waals surface area contributed by atoms with Gasteiger partial charge in [-0.2, -0.15) is 0 Å². The highest BCUT2D eigenvalue weighted by atomic mass is 15.0. The van der Waals surface area contributed by atoms with Crippen molar-refractivity contribution in [1.29, 1.82) is 0 Å². The standard InChI is InChI=1S/C9H15N.C2H6/c1-7-3-2-4-8-5-6-10-9(7)8;1-2/h3,8-10H,2,4-6H2,1H3;1-2H3. The molecular formula is C11H21N. The third-order valence-corrected chi connectivity index (χ3v) is 2.85. The first-order chi connectivity index (χ1) is 5.88. The summed E-state index contributed by atoms with van der Waals surface area (Å²) < 4.78 is 0. The highest BCUT2D eigenvalue weighted by Gasteiger charge is 2.29. The molecular weight excluding hydrogens is 146 g/mol. The average molecular weight is 167 g/mol. The van der Waals surface area contributed by atoms with E-state index in [4.69, 9.17) is 0 Å². The van der Waals surface area contributed by atoms with E-state index in [0.717, 1.165) is 12.0 Å². The Balaban J connectivity index is 0.000000336. The number of nitrogens with one attached hydrogen (secondary N) is 1. The fourth-order valence-electron chi connectivity index (χ4n) is 2.25. The third-order valence-electron chi connectivity index (χ3n) is 2.85. The maximum absolute atomic E-state index is 3.54. The van der Waals surface area contributed by atoms with Crippen molar-refractivity contribution in [3.8, 4) is 0 Å². The van der Waals surface area contributed by atoms with Gasteiger partial charge in [-0.15, -0.1) is 0 Å². The van der Waals surface area contributed by atoms with Crippen LogP contribution in [-0.2, 0) is 0 Å². The van der Waals surface area contributed by atoms with Crippen molar-refractivity contribution < 1.29 is 0 Å². The molecule has 0 aromatic heterocycles. The lowest BCUT2D eigenvalue weighted by atomic mass is 9.86. The molecule has 1 saturated heterocycles. The van der Waals surface area contributed by atoms with Gasteiger partial charge in [0, 0.05) is 6.04 Å². The average Bonchev–Trinajstić information content (AvgIpc) is 2.57. The van der Waals surface area contributed by atoms with Crippen molar-refractivity contribution >= 4 is 0 Å². The van der Waals surface area contributed by atoms with Gasteiger partial charge in [0.1, 0.15) is 0 Å². The molecule has 0 aromatic carbocycles. The highest BCUT2D eigenvalue weighted by molar-refractivity contribution is 5.15. The minimum absolute atomic E-state index is 0.744. The summed E-state index contributed by atoms with van der Waals surface area (Å²) in [5, 5.41) is 3.54. The summed E-state index contributed by atoms with van der Waals surface area (Å²) in [6, 6.07) is 0.744. The van der Waals surface area contributed by atoms with Crippen LogP contribution in [0.5, 0.6) is 0 Å². The van der Waals surface area contributed by atoms with Crippen LogP contribution in [-0.4, -0.2) is 12.6 Å². The van der Waals surface area contributed by atoms with Gasteiger partial charge in [-0.1, -0.05) is 25.5 Å². The third kappa shape index (κ3) is 1.89. The van der Waals surface area contributed by atoms with Crippen LogP contribution in [0.3, 0.4) is 0 Å². The van der Waals surface area contributed by atoms with Crippen LogP contribution in [0.1, 0.15) is 40.0 Å². The number of allylic oxidation sites excluding steroid dienone is 1. The molecule has 0 aromatic rings. The Kier molecular flexibility index (Phi) is 3.80. The van der Waals surface area contributed by atoms with Gasteiger partial charge in [-0.05, 0) is 38.6 Å². The van der Waals surface area contributed by atoms with E-state index in [1.54, 1.807) is 5.57 Å². The summed E-state index contributed by atoms with van der Waals surface area (Å²) in [7, 11) is 0. The number of hydrogen-bond acceptors (Lipinski definition) is 1. The normalized spacial score (nSPS) is 33.1. The maximum Gasteiger partial charge on any atom is 0.0305 e. The van der Waals surface area contributed by atoms with Crippen molar-refractivity contribution in [3.05, 3.63) is 11.6 Å². The second kappa shape index (κ2) is 4.66. The zero-order chi connectivity index (χ0) is 8.97. The van der Waals surface area contributed by atoms with Gasteiger partial charge in [0.25, 0.3) is 0 Å². The molecule has 1 heterocycles. The summed E-state index contributed by atoms with van der Waals surface area (Å²) in [6.45, 7) is 7.50. The van der Waals surface area contributed by atoms with Crippen molar-refractivity contribution in [2.75, 3.05) is 6.54 Å². The van der Waals surface area contributed by atoms with Crippen molar-refractivity contribution in [1.82, 2.24) is 5.32 Å². The molecule has 70 valence electrons. The first kappa shape index (κ1) is 9.79. The molecule has 2 rings (SSSR count). The molecule has 1 nitrogen and oxygen atoms in total. The van der Waals surface area contributed by atoms with E-state index in [1.165, 1.54) is 25.8 Å². The van der Waals surface area contributed by atoms with E-state index in [-0.39, 0.29) is 0 Å². The van der Waals surface area contributed by atoms with Crippen molar-refractivity contribution in [3.63, 3.8) is 0 Å². The van der Waals surface area contributed by atoms with Gasteiger partial charge in [0.15, 0.2) is 0 Å². The molecule has 1 aliphatic carbocycles. The molecule has 0 saturated carbocycles. The molecule has 1 fully saturated rings. The smallest absolute Gasteiger partial charge is 0.0305 e. The van der Waals surface area contributed by atoms with Crippen LogP contribution in [0.2, 0.25) is 0 Å². The Bertz CT molecular complexity index is 160. The summed E-state index contributed by atoms with van der Waals surface area (Å²) in [5.74, 6) is 0.963. The molecule has 1 aliphatic heterocycles. The highest BCUT2D eigenvalue weighted by Crippen LogP contribution is 2.30. The van der Waals surface area contributed by atoms with Gasteiger partial charge in [-0.3, -0.25) is 0 Å². The molecule has 2 aliphatic rings. The molecule has 0 bridgehead atoms. The van der Waals surface area contributed by atoms with Gasteiger partial charge >= 0.3 is 0 Å². The number of rotatable bonds is 0. The maximum atomic E-state index is 3.54. The molecule has 1 N–H and O–H groups in total. The largest absolute Gasteiger partial charge is 0.310 e. The molecule has 12 heavy (non-hydrogen) atoms. The van der Waals surface area contributed by atoms with E-state index in [0.29, 0.717) is 0 Å². The van der Waals surface area contributed by atoms with Gasteiger partial charge in [0.2, 0.25) is 0 Å². The van der Waals surface area contributed by atoms with Crippen LogP contribution in [0.25, 0.3) is 0 Å². The van der Waals surface area contributed by atoms with Crippen molar-refractivity contribution in [2.24, 2.45) is 5.92 Å². The van der Waals surface area contributed by atoms with E-state index in [2.05, 4.69) is 18.3 Å². The number of hydrogen-bond donors (Lipinski definition) is 1. The Labute approximate surface area is 76.2 Å². The Morgan fingerprint density at radius 1 is 1.33 bits per heavy atom. The molecule has 2 unspecified atom stereocenters. The van der Waals surface area contributed by atoms with Gasteiger partial charge in [-0.25, -0.2) is 0 Å². The molecule has 0 amide bonds. The number of fused-ring (bicyclic) bond motifs is 1. The summed E-state index contributed by atoms with van der Waals surface area (Å²) >= 11 is 0. The zero-order valence-corrected chi connectivity index (χ0v) is 8.56. The first-order valence-corrected chi connectivity index (χ1v) is 5.28. The van der Waals surface area contributed by atoms with E-state index < -0.39 is 0 Å². The van der Waals surface area contributed by atoms with Gasteiger partial charge < -0.3 is 5.32 Å². The topological polar surface area (TPSA) is 12.0 Å². The molecule has 0 radical (unpaired) electrons. The fourth-order valence-corrected chi connectivity index (χ4v) is 2.25. The zero-order valence-electron chi connectivity index (χ0n) is 8.56. The van der Waals surface area contributed by atoms with Crippen molar-refractivity contribution in [2.45, 2.75) is 46.1 Å². The van der Waals surface area contributed by atoms with Gasteiger partial charge in [0.05, 0.1) is 0 Å². The summed E-state index contributed by atoms with van der Waals surface area (Å²) in [5.41, 5.74) is 1.58. The lowest BCUT2D eigenvalue weighted by Gasteiger charge is -2.24. The van der Waals surface area contributed by atoms with Crippen LogP contribution >= 0.6 is 0 Å². The summed E-state index contributed by atoms with van der Waals surface area (Å²) in [4.78, 5) is 0. The van der Waals surface area contributed by atoms with Crippen LogP contribution in [0.4, 0.5) is 0 Å². The SMILES string of the molecule is CC.CC1=CCCC2CCNC12. The van der Waals surface area contributed by atoms with Crippen LogP contribution in [0.15, 0.2) is 11.6 Å². The fraction of sp³-hybridized carbons (Fsp3) is 0.818. The minimum Gasteiger partial charge on any atom is -0.310 e. The lowest BCUT2D eigenvalue weighted by Crippen LogP contribution is -2.29. The Morgan fingerprint density at radius 3 is 2.75 bits per heavy atom. The Morgan fingerprint density at radius 2 is 2.08 bits per heavy atom. The first-order valence-electron chi connectivity index (χ1n) is 5.28. The second-order valence-corrected chi connectivity index (χ2v) is 3.51. The predicted molar refractivity (Wildman–Crippen MR) is 54.2 cm³/mol. The van der Waals surface area contributed by atoms with Crippen LogP contribution in [0, 0.1) is 5.92 Å². The van der Waals surface area contributed by atoms with Crippen LogP contribution < -0.4 is 5.32 Å². The quantitative estimate of drug-likeness (QED) is 0.547. The summed E-state index contributed by atoms with van der Waals surface area (Å²) in [6.07, 6.45) is 6.51. The molecule has 1 heteroatoms. The minimum atomic E-state index is 0.744. The lowest BCUT2D eigenvalue weighted by molar-refractivity contribution is 0.441. The van der Waals surface area contributed by atoms with E-state index in [1.807, 2.05) is 13.8 Å². The van der Waals surface area contributed by atoms with E-state index in [9.17, 15) is 0 Å². The molecule has 0 spiro atoms. The predicted octanol–water partition coefficient (Wildman–Crippen LogP) is 2.73. The molecule has 2 atom stereocenters. The second-order valence-electron chi connectivity index (χ2n) is 3.51. The Hall–Kier alpha value is -0.300. The van der Waals surface area contributed by atoms with E-state index >= 15 is 0 Å².